The molecule has 3 saturated carbocycles. The number of allylic oxidation sites excluding steroid dienone is 1. The van der Waals surface area contributed by atoms with Crippen molar-refractivity contribution in [1.82, 2.24) is 0 Å². The predicted molar refractivity (Wildman–Crippen MR) is 92.3 cm³/mol. The van der Waals surface area contributed by atoms with Gasteiger partial charge in [-0.3, -0.25) is 9.59 Å². The van der Waals surface area contributed by atoms with Crippen molar-refractivity contribution >= 4 is 11.6 Å². The SMILES string of the molecule is CC(=O)[C@@H]1CC[C@]2(O)[C@H]3CCC4=CC(=O)CC[C@@]4(C)[C@@H]3CC[C@@]12C. The minimum atomic E-state index is -0.706. The topological polar surface area (TPSA) is 54.4 Å². The molecule has 0 aromatic carbocycles. The highest BCUT2D eigenvalue weighted by Crippen LogP contribution is 2.68. The minimum Gasteiger partial charge on any atom is -0.389 e. The second kappa shape index (κ2) is 5.03. The fourth-order valence-corrected chi connectivity index (χ4v) is 7.18. The van der Waals surface area contributed by atoms with E-state index < -0.39 is 5.60 Å². The second-order valence-corrected chi connectivity index (χ2v) is 9.39. The molecule has 1 N–H and O–H groups in total. The fraction of sp³-hybridized carbons (Fsp3) is 0.810. The first kappa shape index (κ1) is 16.5. The highest BCUT2D eigenvalue weighted by molar-refractivity contribution is 5.91. The van der Waals surface area contributed by atoms with Crippen LogP contribution in [0, 0.1) is 28.6 Å². The summed E-state index contributed by atoms with van der Waals surface area (Å²) in [6.45, 7) is 6.19. The molecule has 4 aliphatic rings. The quantitative estimate of drug-likeness (QED) is 0.795. The first-order valence-electron chi connectivity index (χ1n) is 9.69. The van der Waals surface area contributed by atoms with Crippen LogP contribution < -0.4 is 0 Å². The van der Waals surface area contributed by atoms with Gasteiger partial charge in [-0.1, -0.05) is 19.4 Å². The number of carbonyl (C=O) groups is 2. The third-order valence-corrected chi connectivity index (χ3v) is 8.64. The van der Waals surface area contributed by atoms with Crippen molar-refractivity contribution in [3.05, 3.63) is 11.6 Å². The van der Waals surface area contributed by atoms with Crippen molar-refractivity contribution < 1.29 is 14.7 Å². The lowest BCUT2D eigenvalue weighted by molar-refractivity contribution is -0.185. The summed E-state index contributed by atoms with van der Waals surface area (Å²) in [7, 11) is 0. The number of aliphatic hydroxyl groups is 1. The van der Waals surface area contributed by atoms with Gasteiger partial charge in [0.25, 0.3) is 0 Å². The minimum absolute atomic E-state index is 0.0149. The Hall–Kier alpha value is -0.960. The van der Waals surface area contributed by atoms with Crippen molar-refractivity contribution in [3.63, 3.8) is 0 Å². The lowest BCUT2D eigenvalue weighted by Crippen LogP contribution is -2.61. The maximum absolute atomic E-state index is 12.2. The summed E-state index contributed by atoms with van der Waals surface area (Å²) >= 11 is 0. The number of hydrogen-bond donors (Lipinski definition) is 1. The van der Waals surface area contributed by atoms with E-state index in [-0.39, 0.29) is 34.2 Å². The third-order valence-electron chi connectivity index (χ3n) is 8.64. The summed E-state index contributed by atoms with van der Waals surface area (Å²) < 4.78 is 0. The molecule has 0 bridgehead atoms. The largest absolute Gasteiger partial charge is 0.389 e. The normalized spacial score (nSPS) is 50.6. The van der Waals surface area contributed by atoms with Gasteiger partial charge in [0.15, 0.2) is 5.78 Å². The number of ketones is 2. The number of hydrogen-bond acceptors (Lipinski definition) is 3. The molecule has 6 atom stereocenters. The van der Waals surface area contributed by atoms with Crippen molar-refractivity contribution in [2.75, 3.05) is 0 Å². The Kier molecular flexibility index (Phi) is 3.46. The Morgan fingerprint density at radius 3 is 2.54 bits per heavy atom. The van der Waals surface area contributed by atoms with Crippen LogP contribution in [0.1, 0.15) is 72.1 Å². The van der Waals surface area contributed by atoms with Gasteiger partial charge in [-0.15, -0.1) is 0 Å². The molecule has 3 fully saturated rings. The average molecular weight is 330 g/mol. The van der Waals surface area contributed by atoms with Gasteiger partial charge >= 0.3 is 0 Å². The number of carbonyl (C=O) groups excluding carboxylic acids is 2. The molecule has 0 heterocycles. The molecule has 4 rings (SSSR count). The molecular weight excluding hydrogens is 300 g/mol. The molecule has 0 aromatic heterocycles. The molecule has 0 aliphatic heterocycles. The van der Waals surface area contributed by atoms with E-state index in [2.05, 4.69) is 13.8 Å². The molecule has 3 heteroatoms. The van der Waals surface area contributed by atoms with Crippen LogP contribution in [-0.2, 0) is 9.59 Å². The van der Waals surface area contributed by atoms with Crippen molar-refractivity contribution in [1.29, 1.82) is 0 Å². The van der Waals surface area contributed by atoms with Crippen LogP contribution >= 0.6 is 0 Å². The Morgan fingerprint density at radius 1 is 1.08 bits per heavy atom. The Labute approximate surface area is 144 Å². The monoisotopic (exact) mass is 330 g/mol. The van der Waals surface area contributed by atoms with Crippen LogP contribution in [0.15, 0.2) is 11.6 Å². The van der Waals surface area contributed by atoms with Crippen LogP contribution in [0.3, 0.4) is 0 Å². The zero-order valence-corrected chi connectivity index (χ0v) is 15.2. The summed E-state index contributed by atoms with van der Waals surface area (Å²) in [4.78, 5) is 24.0. The molecule has 0 saturated heterocycles. The molecule has 0 unspecified atom stereocenters. The molecule has 3 nitrogen and oxygen atoms in total. The second-order valence-electron chi connectivity index (χ2n) is 9.39. The van der Waals surface area contributed by atoms with Gasteiger partial charge in [-0.25, -0.2) is 0 Å². The number of Topliss-reactive ketones (excluding diaryl/α,β-unsaturated/α-hetero) is 1. The van der Waals surface area contributed by atoms with Crippen LogP contribution in [0.2, 0.25) is 0 Å². The van der Waals surface area contributed by atoms with E-state index in [0.29, 0.717) is 12.3 Å². The van der Waals surface area contributed by atoms with Crippen LogP contribution in [0.5, 0.6) is 0 Å². The summed E-state index contributed by atoms with van der Waals surface area (Å²) in [5.41, 5.74) is 0.431. The molecule has 0 spiro atoms. The van der Waals surface area contributed by atoms with E-state index >= 15 is 0 Å². The van der Waals surface area contributed by atoms with Crippen LogP contribution in [-0.4, -0.2) is 22.3 Å². The molecule has 0 radical (unpaired) electrons. The summed E-state index contributed by atoms with van der Waals surface area (Å²) in [5.74, 6) is 1.27. The molecule has 0 aromatic rings. The fourth-order valence-electron chi connectivity index (χ4n) is 7.18. The number of fused-ring (bicyclic) bond motifs is 5. The zero-order chi connectivity index (χ0) is 17.3. The third kappa shape index (κ3) is 1.88. The van der Waals surface area contributed by atoms with E-state index in [1.807, 2.05) is 6.08 Å². The van der Waals surface area contributed by atoms with Crippen molar-refractivity contribution in [2.45, 2.75) is 77.7 Å². The van der Waals surface area contributed by atoms with Gasteiger partial charge in [0.05, 0.1) is 5.60 Å². The molecular formula is C21H30O3. The molecule has 4 aliphatic carbocycles. The molecule has 132 valence electrons. The van der Waals surface area contributed by atoms with Gasteiger partial charge in [-0.2, -0.15) is 0 Å². The van der Waals surface area contributed by atoms with E-state index in [0.717, 1.165) is 44.9 Å². The first-order valence-corrected chi connectivity index (χ1v) is 9.69. The van der Waals surface area contributed by atoms with E-state index in [1.165, 1.54) is 5.57 Å². The van der Waals surface area contributed by atoms with Crippen LogP contribution in [0.4, 0.5) is 0 Å². The van der Waals surface area contributed by atoms with Gasteiger partial charge < -0.3 is 5.11 Å². The highest BCUT2D eigenvalue weighted by Gasteiger charge is 2.67. The van der Waals surface area contributed by atoms with Gasteiger partial charge in [0, 0.05) is 17.8 Å². The van der Waals surface area contributed by atoms with Crippen molar-refractivity contribution in [3.8, 4) is 0 Å². The van der Waals surface area contributed by atoms with Gasteiger partial charge in [0.1, 0.15) is 5.78 Å². The molecule has 24 heavy (non-hydrogen) atoms. The standard InChI is InChI=1S/C21H30O3/c1-13(22)16-8-11-21(24)18-5-4-14-12-15(23)6-9-19(14,2)17(18)7-10-20(16,21)3/h12,16-18,24H,4-11H2,1-3H3/t16-,17+,18-,19+,20-,21-/m0/s1. The summed E-state index contributed by atoms with van der Waals surface area (Å²) in [6.07, 6.45) is 9.01. The average Bonchev–Trinajstić information content (AvgIpc) is 2.80. The van der Waals surface area contributed by atoms with E-state index in [1.54, 1.807) is 6.92 Å². The smallest absolute Gasteiger partial charge is 0.155 e. The highest BCUT2D eigenvalue weighted by atomic mass is 16.3. The first-order chi connectivity index (χ1) is 11.2. The predicted octanol–water partition coefficient (Wildman–Crippen LogP) is 3.84. The van der Waals surface area contributed by atoms with Gasteiger partial charge in [-0.05, 0) is 75.2 Å². The maximum Gasteiger partial charge on any atom is 0.155 e. The Morgan fingerprint density at radius 2 is 1.83 bits per heavy atom. The number of rotatable bonds is 1. The Balaban J connectivity index is 1.73. The molecule has 0 amide bonds. The maximum atomic E-state index is 12.2. The summed E-state index contributed by atoms with van der Waals surface area (Å²) in [6, 6.07) is 0. The Bertz CT molecular complexity index is 635. The van der Waals surface area contributed by atoms with Gasteiger partial charge in [0.2, 0.25) is 0 Å². The van der Waals surface area contributed by atoms with Crippen molar-refractivity contribution in [2.24, 2.45) is 28.6 Å². The zero-order valence-electron chi connectivity index (χ0n) is 15.2. The van der Waals surface area contributed by atoms with E-state index in [4.69, 9.17) is 0 Å². The summed E-state index contributed by atoms with van der Waals surface area (Å²) in [5, 5.41) is 11.8. The lowest BCUT2D eigenvalue weighted by Gasteiger charge is -2.61. The lowest BCUT2D eigenvalue weighted by atomic mass is 9.45. The van der Waals surface area contributed by atoms with Crippen LogP contribution in [0.25, 0.3) is 0 Å². The van der Waals surface area contributed by atoms with E-state index in [9.17, 15) is 14.7 Å².